The Bertz CT molecular complexity index is 450. The van der Waals surface area contributed by atoms with Crippen LogP contribution in [0.4, 0.5) is 5.69 Å². The second-order valence-electron chi connectivity index (χ2n) is 3.84. The minimum atomic E-state index is -0.528. The van der Waals surface area contributed by atoms with Gasteiger partial charge in [0.1, 0.15) is 6.04 Å². The number of nitriles is 1. The highest BCUT2D eigenvalue weighted by atomic mass is 16.3. The lowest BCUT2D eigenvalue weighted by atomic mass is 10.1. The molecule has 1 saturated heterocycles. The van der Waals surface area contributed by atoms with Crippen molar-refractivity contribution in [3.05, 3.63) is 29.8 Å². The van der Waals surface area contributed by atoms with Gasteiger partial charge in [-0.05, 0) is 24.3 Å². The Morgan fingerprint density at radius 2 is 2.18 bits per heavy atom. The van der Waals surface area contributed by atoms with Gasteiger partial charge in [-0.25, -0.2) is 0 Å². The van der Waals surface area contributed by atoms with Crippen LogP contribution in [0.1, 0.15) is 5.56 Å². The van der Waals surface area contributed by atoms with Crippen LogP contribution in [0.5, 0.6) is 0 Å². The monoisotopic (exact) mass is 231 g/mol. The van der Waals surface area contributed by atoms with Crippen LogP contribution in [0.25, 0.3) is 0 Å². The van der Waals surface area contributed by atoms with Crippen molar-refractivity contribution in [1.29, 1.82) is 5.26 Å². The summed E-state index contributed by atoms with van der Waals surface area (Å²) in [6, 6.07) is 8.35. The molecule has 1 amide bonds. The number of nitrogens with one attached hydrogen (secondary N) is 1. The van der Waals surface area contributed by atoms with Crippen molar-refractivity contribution >= 4 is 11.6 Å². The smallest absolute Gasteiger partial charge is 0.246 e. The fourth-order valence-corrected chi connectivity index (χ4v) is 1.85. The minimum absolute atomic E-state index is 0.136. The third-order valence-corrected chi connectivity index (χ3v) is 2.78. The molecule has 1 aromatic carbocycles. The van der Waals surface area contributed by atoms with Gasteiger partial charge in [-0.15, -0.1) is 0 Å². The van der Waals surface area contributed by atoms with Crippen LogP contribution < -0.4 is 10.2 Å². The van der Waals surface area contributed by atoms with Gasteiger partial charge in [-0.3, -0.25) is 4.79 Å². The lowest BCUT2D eigenvalue weighted by Gasteiger charge is -2.32. The van der Waals surface area contributed by atoms with Gasteiger partial charge in [-0.1, -0.05) is 0 Å². The highest BCUT2D eigenvalue weighted by Crippen LogP contribution is 2.17. The van der Waals surface area contributed by atoms with Gasteiger partial charge in [0.15, 0.2) is 0 Å². The number of carbonyl (C=O) groups is 1. The Labute approximate surface area is 99.3 Å². The van der Waals surface area contributed by atoms with Crippen molar-refractivity contribution in [3.63, 3.8) is 0 Å². The molecule has 1 aliphatic heterocycles. The molecule has 5 heteroatoms. The minimum Gasteiger partial charge on any atom is -0.394 e. The molecule has 17 heavy (non-hydrogen) atoms. The van der Waals surface area contributed by atoms with Crippen LogP contribution in [0, 0.1) is 11.3 Å². The van der Waals surface area contributed by atoms with Crippen LogP contribution in [-0.2, 0) is 4.79 Å². The van der Waals surface area contributed by atoms with Crippen molar-refractivity contribution in [2.75, 3.05) is 24.6 Å². The lowest BCUT2D eigenvalue weighted by molar-refractivity contribution is -0.122. The Morgan fingerprint density at radius 1 is 1.47 bits per heavy atom. The third-order valence-electron chi connectivity index (χ3n) is 2.78. The molecule has 88 valence electrons. The zero-order chi connectivity index (χ0) is 12.3. The van der Waals surface area contributed by atoms with Crippen LogP contribution in [0.3, 0.4) is 0 Å². The first-order valence-corrected chi connectivity index (χ1v) is 5.42. The predicted octanol–water partition coefficient (Wildman–Crippen LogP) is -0.145. The molecule has 1 unspecified atom stereocenters. The van der Waals surface area contributed by atoms with E-state index in [9.17, 15) is 4.79 Å². The number of benzene rings is 1. The molecule has 2 rings (SSSR count). The summed E-state index contributed by atoms with van der Waals surface area (Å²) in [4.78, 5) is 13.6. The maximum absolute atomic E-state index is 11.9. The Balaban J connectivity index is 2.21. The molecule has 1 atom stereocenters. The van der Waals surface area contributed by atoms with Crippen LogP contribution in [-0.4, -0.2) is 36.8 Å². The SMILES string of the molecule is N#Cc1ccc(N2CCNC(CO)C2=O)cc1. The van der Waals surface area contributed by atoms with E-state index in [1.807, 2.05) is 6.07 Å². The number of carbonyl (C=O) groups excluding carboxylic acids is 1. The highest BCUT2D eigenvalue weighted by Gasteiger charge is 2.28. The van der Waals surface area contributed by atoms with E-state index in [4.69, 9.17) is 10.4 Å². The number of piperazine rings is 1. The van der Waals surface area contributed by atoms with Crippen molar-refractivity contribution < 1.29 is 9.90 Å². The standard InChI is InChI=1S/C12H13N3O2/c13-7-9-1-3-10(4-2-9)15-6-5-14-11(8-16)12(15)17/h1-4,11,14,16H,5-6,8H2. The molecule has 1 heterocycles. The topological polar surface area (TPSA) is 76.4 Å². The molecule has 2 N–H and O–H groups in total. The van der Waals surface area contributed by atoms with Gasteiger partial charge in [0.05, 0.1) is 18.2 Å². The van der Waals surface area contributed by atoms with Gasteiger partial charge < -0.3 is 15.3 Å². The van der Waals surface area contributed by atoms with E-state index < -0.39 is 6.04 Å². The molecule has 0 aliphatic carbocycles. The van der Waals surface area contributed by atoms with Gasteiger partial charge in [-0.2, -0.15) is 5.26 Å². The maximum Gasteiger partial charge on any atom is 0.246 e. The van der Waals surface area contributed by atoms with E-state index >= 15 is 0 Å². The molecule has 5 nitrogen and oxygen atoms in total. The van der Waals surface area contributed by atoms with Gasteiger partial charge in [0.2, 0.25) is 5.91 Å². The highest BCUT2D eigenvalue weighted by molar-refractivity contribution is 5.98. The summed E-state index contributed by atoms with van der Waals surface area (Å²) in [5.41, 5.74) is 1.32. The van der Waals surface area contributed by atoms with Crippen LogP contribution in [0.2, 0.25) is 0 Å². The summed E-state index contributed by atoms with van der Waals surface area (Å²) in [5.74, 6) is -0.136. The summed E-state index contributed by atoms with van der Waals surface area (Å²) in [6.07, 6.45) is 0. The zero-order valence-electron chi connectivity index (χ0n) is 9.26. The largest absolute Gasteiger partial charge is 0.394 e. The first-order valence-electron chi connectivity index (χ1n) is 5.42. The fourth-order valence-electron chi connectivity index (χ4n) is 1.85. The van der Waals surface area contributed by atoms with Crippen molar-refractivity contribution in [3.8, 4) is 6.07 Å². The predicted molar refractivity (Wildman–Crippen MR) is 62.4 cm³/mol. The maximum atomic E-state index is 11.9. The summed E-state index contributed by atoms with van der Waals surface area (Å²) >= 11 is 0. The van der Waals surface area contributed by atoms with E-state index in [2.05, 4.69) is 5.32 Å². The molecule has 1 aromatic rings. The normalized spacial score (nSPS) is 20.1. The number of rotatable bonds is 2. The molecule has 0 aromatic heterocycles. The molecule has 0 radical (unpaired) electrons. The molecular formula is C12H13N3O2. The van der Waals surface area contributed by atoms with E-state index in [0.717, 1.165) is 5.69 Å². The van der Waals surface area contributed by atoms with Gasteiger partial charge in [0, 0.05) is 18.8 Å². The first-order chi connectivity index (χ1) is 8.26. The van der Waals surface area contributed by atoms with Crippen molar-refractivity contribution in [1.82, 2.24) is 5.32 Å². The Hall–Kier alpha value is -1.90. The fraction of sp³-hybridized carbons (Fsp3) is 0.333. The number of aliphatic hydroxyl groups is 1. The number of hydrogen-bond acceptors (Lipinski definition) is 4. The average molecular weight is 231 g/mol. The molecule has 0 bridgehead atoms. The second-order valence-corrected chi connectivity index (χ2v) is 3.84. The van der Waals surface area contributed by atoms with E-state index in [-0.39, 0.29) is 12.5 Å². The van der Waals surface area contributed by atoms with Crippen molar-refractivity contribution in [2.45, 2.75) is 6.04 Å². The van der Waals surface area contributed by atoms with Crippen LogP contribution >= 0.6 is 0 Å². The van der Waals surface area contributed by atoms with Gasteiger partial charge >= 0.3 is 0 Å². The first kappa shape index (κ1) is 11.6. The third kappa shape index (κ3) is 2.28. The average Bonchev–Trinajstić information content (AvgIpc) is 2.39. The number of aliphatic hydroxyl groups excluding tert-OH is 1. The van der Waals surface area contributed by atoms with Gasteiger partial charge in [0.25, 0.3) is 0 Å². The van der Waals surface area contributed by atoms with Crippen molar-refractivity contribution in [2.24, 2.45) is 0 Å². The molecular weight excluding hydrogens is 218 g/mol. The summed E-state index contributed by atoms with van der Waals surface area (Å²) < 4.78 is 0. The summed E-state index contributed by atoms with van der Waals surface area (Å²) in [7, 11) is 0. The number of anilines is 1. The van der Waals surface area contributed by atoms with E-state index in [1.54, 1.807) is 29.2 Å². The Kier molecular flexibility index (Phi) is 3.38. The van der Waals surface area contributed by atoms with E-state index in [1.165, 1.54) is 0 Å². The Morgan fingerprint density at radius 3 is 2.76 bits per heavy atom. The number of amides is 1. The van der Waals surface area contributed by atoms with E-state index in [0.29, 0.717) is 18.7 Å². The molecule has 1 fully saturated rings. The quantitative estimate of drug-likeness (QED) is 0.742. The lowest BCUT2D eigenvalue weighted by Crippen LogP contribution is -2.56. The molecule has 0 saturated carbocycles. The number of hydrogen-bond donors (Lipinski definition) is 2. The summed E-state index contributed by atoms with van der Waals surface area (Å²) in [6.45, 7) is 1.02. The molecule has 0 spiro atoms. The second kappa shape index (κ2) is 4.95. The number of nitrogens with zero attached hydrogens (tertiary/aromatic N) is 2. The van der Waals surface area contributed by atoms with Crippen LogP contribution in [0.15, 0.2) is 24.3 Å². The zero-order valence-corrected chi connectivity index (χ0v) is 9.26. The summed E-state index contributed by atoms with van der Waals surface area (Å²) in [5, 5.41) is 20.7. The molecule has 1 aliphatic rings.